The van der Waals surface area contributed by atoms with Crippen LogP contribution in [0.1, 0.15) is 31.9 Å². The van der Waals surface area contributed by atoms with Gasteiger partial charge in [0.15, 0.2) is 0 Å². The van der Waals surface area contributed by atoms with Crippen LogP contribution in [0, 0.1) is 11.7 Å². The van der Waals surface area contributed by atoms with Crippen LogP contribution < -0.4 is 10.1 Å². The lowest BCUT2D eigenvalue weighted by Crippen LogP contribution is -2.61. The van der Waals surface area contributed by atoms with Gasteiger partial charge in [-0.25, -0.2) is 4.39 Å². The molecule has 0 spiro atoms. The molecule has 2 aromatic rings. The molecule has 0 aromatic heterocycles. The van der Waals surface area contributed by atoms with Gasteiger partial charge in [-0.2, -0.15) is 0 Å². The van der Waals surface area contributed by atoms with Crippen LogP contribution in [0.25, 0.3) is 0 Å². The summed E-state index contributed by atoms with van der Waals surface area (Å²) in [5.41, 5.74) is 0.769. The average Bonchev–Trinajstić information content (AvgIpc) is 3.07. The highest BCUT2D eigenvalue weighted by Crippen LogP contribution is 2.47. The first-order chi connectivity index (χ1) is 15.4. The number of hydrogen-bond donors (Lipinski definition) is 1. The van der Waals surface area contributed by atoms with Gasteiger partial charge in [-0.05, 0) is 36.2 Å². The molecule has 2 amide bonds. The van der Waals surface area contributed by atoms with E-state index < -0.39 is 5.54 Å². The number of likely N-dealkylation sites (tertiary alicyclic amines) is 2. The van der Waals surface area contributed by atoms with Gasteiger partial charge in [-0.15, -0.1) is 0 Å². The van der Waals surface area contributed by atoms with Crippen molar-refractivity contribution in [1.29, 1.82) is 0 Å². The number of rotatable bonds is 6. The van der Waals surface area contributed by atoms with Gasteiger partial charge in [0.05, 0.1) is 5.54 Å². The van der Waals surface area contributed by atoms with Gasteiger partial charge in [0.2, 0.25) is 11.8 Å². The van der Waals surface area contributed by atoms with E-state index in [0.29, 0.717) is 38.5 Å². The molecule has 0 aliphatic carbocycles. The quantitative estimate of drug-likeness (QED) is 0.752. The molecule has 2 saturated heterocycles. The van der Waals surface area contributed by atoms with E-state index >= 15 is 0 Å². The van der Waals surface area contributed by atoms with E-state index in [-0.39, 0.29) is 29.6 Å². The average molecular weight is 440 g/mol. The zero-order valence-electron chi connectivity index (χ0n) is 18.6. The molecule has 0 saturated carbocycles. The molecule has 1 N–H and O–H groups in total. The SMILES string of the molecule is CC(=O)N[C@@]12CCN(C(C)=O)C[C@@H]1[C@@H](c1ccccc1)N(CCOc1ccc(F)cc1)C2. The van der Waals surface area contributed by atoms with Gasteiger partial charge >= 0.3 is 0 Å². The van der Waals surface area contributed by atoms with Gasteiger partial charge in [-0.1, -0.05) is 30.3 Å². The van der Waals surface area contributed by atoms with Crippen molar-refractivity contribution in [3.8, 4) is 5.75 Å². The van der Waals surface area contributed by atoms with Crippen LogP contribution in [0.3, 0.4) is 0 Å². The van der Waals surface area contributed by atoms with Crippen molar-refractivity contribution in [1.82, 2.24) is 15.1 Å². The Morgan fingerprint density at radius 2 is 1.84 bits per heavy atom. The number of carbonyl (C=O) groups is 2. The fraction of sp³-hybridized carbons (Fsp3) is 0.440. The van der Waals surface area contributed by atoms with E-state index in [0.717, 1.165) is 12.0 Å². The number of benzene rings is 2. The van der Waals surface area contributed by atoms with Gasteiger partial charge in [-0.3, -0.25) is 14.5 Å². The van der Waals surface area contributed by atoms with Gasteiger partial charge in [0.25, 0.3) is 0 Å². The van der Waals surface area contributed by atoms with E-state index in [2.05, 4.69) is 22.3 Å². The van der Waals surface area contributed by atoms with E-state index in [4.69, 9.17) is 4.74 Å². The summed E-state index contributed by atoms with van der Waals surface area (Å²) >= 11 is 0. The Morgan fingerprint density at radius 3 is 2.50 bits per heavy atom. The van der Waals surface area contributed by atoms with Crippen molar-refractivity contribution in [2.75, 3.05) is 32.8 Å². The van der Waals surface area contributed by atoms with Crippen molar-refractivity contribution in [2.45, 2.75) is 31.8 Å². The van der Waals surface area contributed by atoms with Crippen LogP contribution in [0.15, 0.2) is 54.6 Å². The van der Waals surface area contributed by atoms with Crippen molar-refractivity contribution in [2.24, 2.45) is 5.92 Å². The summed E-state index contributed by atoms with van der Waals surface area (Å²) in [6.07, 6.45) is 0.718. The third-order valence-electron chi connectivity index (χ3n) is 6.69. The molecule has 2 fully saturated rings. The molecule has 0 radical (unpaired) electrons. The fourth-order valence-electron chi connectivity index (χ4n) is 5.29. The molecule has 4 rings (SSSR count). The molecular formula is C25H30FN3O3. The van der Waals surface area contributed by atoms with Gasteiger partial charge < -0.3 is 15.0 Å². The van der Waals surface area contributed by atoms with E-state index in [1.54, 1.807) is 26.0 Å². The molecule has 0 bridgehead atoms. The minimum absolute atomic E-state index is 0.0435. The van der Waals surface area contributed by atoms with Gasteiger partial charge in [0, 0.05) is 52.0 Å². The number of carbonyl (C=O) groups excluding carboxylic acids is 2. The van der Waals surface area contributed by atoms with E-state index in [9.17, 15) is 14.0 Å². The lowest BCUT2D eigenvalue weighted by atomic mass is 9.75. The van der Waals surface area contributed by atoms with Crippen molar-refractivity contribution < 1.29 is 18.7 Å². The minimum Gasteiger partial charge on any atom is -0.492 e. The predicted octanol–water partition coefficient (Wildman–Crippen LogP) is 3.00. The zero-order chi connectivity index (χ0) is 22.7. The second kappa shape index (κ2) is 9.28. The van der Waals surface area contributed by atoms with Crippen molar-refractivity contribution in [3.63, 3.8) is 0 Å². The highest BCUT2D eigenvalue weighted by atomic mass is 19.1. The van der Waals surface area contributed by atoms with E-state index in [1.165, 1.54) is 12.1 Å². The number of amides is 2. The minimum atomic E-state index is -0.395. The number of ether oxygens (including phenoxy) is 1. The predicted molar refractivity (Wildman–Crippen MR) is 120 cm³/mol. The van der Waals surface area contributed by atoms with Crippen molar-refractivity contribution in [3.05, 3.63) is 66.0 Å². The number of fused-ring (bicyclic) bond motifs is 1. The standard InChI is InChI=1S/C25H30FN3O3/c1-18(30)27-25-12-13-28(19(2)31)16-23(25)24(20-6-4-3-5-7-20)29(17-25)14-15-32-22-10-8-21(26)9-11-22/h3-11,23-24H,12-17H2,1-2H3,(H,27,30)/t23-,24-,25-/m1/s1. The summed E-state index contributed by atoms with van der Waals surface area (Å²) in [7, 11) is 0. The monoisotopic (exact) mass is 439 g/mol. The molecule has 32 heavy (non-hydrogen) atoms. The summed E-state index contributed by atoms with van der Waals surface area (Å²) in [4.78, 5) is 28.6. The number of hydrogen-bond acceptors (Lipinski definition) is 4. The summed E-state index contributed by atoms with van der Waals surface area (Å²) < 4.78 is 19.0. The molecular weight excluding hydrogens is 409 g/mol. The number of piperidine rings is 1. The Bertz CT molecular complexity index is 953. The molecule has 7 heteroatoms. The fourth-order valence-corrected chi connectivity index (χ4v) is 5.29. The first-order valence-electron chi connectivity index (χ1n) is 11.1. The maximum Gasteiger partial charge on any atom is 0.219 e. The zero-order valence-corrected chi connectivity index (χ0v) is 18.6. The Labute approximate surface area is 188 Å². The summed E-state index contributed by atoms with van der Waals surface area (Å²) in [6, 6.07) is 16.3. The summed E-state index contributed by atoms with van der Waals surface area (Å²) in [5, 5.41) is 3.26. The largest absolute Gasteiger partial charge is 0.492 e. The lowest BCUT2D eigenvalue weighted by molar-refractivity contribution is -0.132. The molecule has 2 aliphatic rings. The topological polar surface area (TPSA) is 61.9 Å². The molecule has 2 heterocycles. The van der Waals surface area contributed by atoms with E-state index in [1.807, 2.05) is 23.1 Å². The van der Waals surface area contributed by atoms with Crippen molar-refractivity contribution >= 4 is 11.8 Å². The first-order valence-corrected chi connectivity index (χ1v) is 11.1. The molecule has 3 atom stereocenters. The van der Waals surface area contributed by atoms with Crippen LogP contribution in [0.2, 0.25) is 0 Å². The number of halogens is 1. The van der Waals surface area contributed by atoms with Gasteiger partial charge in [0.1, 0.15) is 18.2 Å². The second-order valence-corrected chi connectivity index (χ2v) is 8.79. The summed E-state index contributed by atoms with van der Waals surface area (Å²) in [6.45, 7) is 6.17. The maximum atomic E-state index is 13.2. The molecule has 6 nitrogen and oxygen atoms in total. The smallest absolute Gasteiger partial charge is 0.219 e. The Balaban J connectivity index is 1.59. The molecule has 2 aromatic carbocycles. The highest BCUT2D eigenvalue weighted by Gasteiger charge is 2.55. The summed E-state index contributed by atoms with van der Waals surface area (Å²) in [5.74, 6) is 0.405. The maximum absolute atomic E-state index is 13.2. The normalized spacial score (nSPS) is 25.3. The van der Waals surface area contributed by atoms with Crippen LogP contribution in [-0.4, -0.2) is 59.9 Å². The number of nitrogens with one attached hydrogen (secondary N) is 1. The van der Waals surface area contributed by atoms with Crippen LogP contribution in [0.4, 0.5) is 4.39 Å². The Hall–Kier alpha value is -2.93. The third kappa shape index (κ3) is 4.63. The lowest BCUT2D eigenvalue weighted by Gasteiger charge is -2.45. The number of nitrogens with zero attached hydrogens (tertiary/aromatic N) is 2. The third-order valence-corrected chi connectivity index (χ3v) is 6.69. The molecule has 2 aliphatic heterocycles. The Morgan fingerprint density at radius 1 is 1.12 bits per heavy atom. The second-order valence-electron chi connectivity index (χ2n) is 8.79. The van der Waals surface area contributed by atoms with Crippen LogP contribution in [0.5, 0.6) is 5.75 Å². The van der Waals surface area contributed by atoms with Crippen LogP contribution >= 0.6 is 0 Å². The molecule has 170 valence electrons. The highest BCUT2D eigenvalue weighted by molar-refractivity contribution is 5.75. The first kappa shape index (κ1) is 22.3. The molecule has 0 unspecified atom stereocenters. The van der Waals surface area contributed by atoms with Crippen LogP contribution in [-0.2, 0) is 9.59 Å². The Kier molecular flexibility index (Phi) is 6.46.